The molecule has 2 aromatic carbocycles. The highest BCUT2D eigenvalue weighted by Gasteiger charge is 2.23. The van der Waals surface area contributed by atoms with Crippen LogP contribution in [-0.4, -0.2) is 23.2 Å². The lowest BCUT2D eigenvalue weighted by molar-refractivity contribution is -0.115. The highest BCUT2D eigenvalue weighted by Crippen LogP contribution is 2.27. The number of thiocarbonyl (C=S) groups is 1. The average Bonchev–Trinajstić information content (AvgIpc) is 2.92. The number of amides is 2. The fourth-order valence-electron chi connectivity index (χ4n) is 2.33. The number of hydrogen-bond donors (Lipinski definition) is 1. The van der Waals surface area contributed by atoms with Gasteiger partial charge in [0.05, 0.1) is 4.91 Å². The van der Waals surface area contributed by atoms with Crippen molar-refractivity contribution in [2.75, 3.05) is 11.9 Å². The molecule has 1 N–H and O–H groups in total. The van der Waals surface area contributed by atoms with Crippen LogP contribution in [0, 0.1) is 0 Å². The molecule has 1 heterocycles. The minimum atomic E-state index is -0.233. The van der Waals surface area contributed by atoms with Gasteiger partial charge in [0.25, 0.3) is 11.8 Å². The van der Waals surface area contributed by atoms with Gasteiger partial charge in [0.1, 0.15) is 4.32 Å². The molecular weight excluding hydrogens is 340 g/mol. The second-order valence-electron chi connectivity index (χ2n) is 5.14. The highest BCUT2D eigenvalue weighted by atomic mass is 32.2. The molecule has 0 unspecified atom stereocenters. The van der Waals surface area contributed by atoms with Crippen LogP contribution in [0.4, 0.5) is 5.69 Å². The summed E-state index contributed by atoms with van der Waals surface area (Å²) in [5.74, 6) is -0.372. The van der Waals surface area contributed by atoms with Gasteiger partial charge in [-0.2, -0.15) is 0 Å². The number of anilines is 1. The van der Waals surface area contributed by atoms with Crippen LogP contribution >= 0.6 is 24.0 Å². The van der Waals surface area contributed by atoms with Gasteiger partial charge in [-0.3, -0.25) is 9.59 Å². The highest BCUT2D eigenvalue weighted by molar-refractivity contribution is 8.26. The van der Waals surface area contributed by atoms with Gasteiger partial charge in [-0.15, -0.1) is 0 Å². The first-order chi connectivity index (χ1) is 11.6. The van der Waals surface area contributed by atoms with Gasteiger partial charge in [0.2, 0.25) is 0 Å². The fourth-order valence-corrected chi connectivity index (χ4v) is 3.36. The van der Waals surface area contributed by atoms with E-state index in [2.05, 4.69) is 5.32 Å². The first-order valence-corrected chi connectivity index (χ1v) is 8.46. The van der Waals surface area contributed by atoms with E-state index in [4.69, 9.17) is 12.2 Å². The fraction of sp³-hybridized carbons (Fsp3) is 0.0556. The zero-order chi connectivity index (χ0) is 17.1. The van der Waals surface area contributed by atoms with Crippen molar-refractivity contribution in [1.82, 2.24) is 5.32 Å². The van der Waals surface area contributed by atoms with Crippen molar-refractivity contribution in [2.45, 2.75) is 0 Å². The molecule has 0 spiro atoms. The normalized spacial score (nSPS) is 15.5. The number of carbonyl (C=O) groups is 2. The molecule has 1 aliphatic rings. The summed E-state index contributed by atoms with van der Waals surface area (Å²) in [6, 6.07) is 16.6. The summed E-state index contributed by atoms with van der Waals surface area (Å²) in [5, 5.41) is 2.58. The Kier molecular flexibility index (Phi) is 4.78. The monoisotopic (exact) mass is 354 g/mol. The lowest BCUT2D eigenvalue weighted by Crippen LogP contribution is -2.26. The molecular formula is C18H14N2O2S2. The van der Waals surface area contributed by atoms with Crippen LogP contribution in [0.25, 0.3) is 6.08 Å². The number of carbonyl (C=O) groups excluding carboxylic acids is 2. The summed E-state index contributed by atoms with van der Waals surface area (Å²) < 4.78 is 0.427. The van der Waals surface area contributed by atoms with E-state index in [9.17, 15) is 9.59 Å². The van der Waals surface area contributed by atoms with Crippen molar-refractivity contribution >= 4 is 51.9 Å². The topological polar surface area (TPSA) is 49.4 Å². The Morgan fingerprint density at radius 3 is 2.46 bits per heavy atom. The van der Waals surface area contributed by atoms with Crippen molar-refractivity contribution < 1.29 is 9.59 Å². The van der Waals surface area contributed by atoms with Crippen molar-refractivity contribution in [3.8, 4) is 0 Å². The predicted octanol–water partition coefficient (Wildman–Crippen LogP) is 3.45. The van der Waals surface area contributed by atoms with E-state index in [-0.39, 0.29) is 11.8 Å². The molecule has 0 aliphatic carbocycles. The average molecular weight is 354 g/mol. The number of rotatable bonds is 3. The van der Waals surface area contributed by atoms with Crippen LogP contribution in [0.15, 0.2) is 59.5 Å². The zero-order valence-corrected chi connectivity index (χ0v) is 14.5. The molecule has 4 nitrogen and oxygen atoms in total. The Morgan fingerprint density at radius 2 is 1.79 bits per heavy atom. The van der Waals surface area contributed by atoms with Crippen LogP contribution in [0.2, 0.25) is 0 Å². The van der Waals surface area contributed by atoms with E-state index in [1.807, 2.05) is 42.5 Å². The number of thioether (sulfide) groups is 1. The molecule has 0 radical (unpaired) electrons. The molecule has 2 aromatic rings. The summed E-state index contributed by atoms with van der Waals surface area (Å²) in [5.41, 5.74) is 2.02. The Bertz CT molecular complexity index is 847. The molecule has 120 valence electrons. The number of para-hydroxylation sites is 1. The van der Waals surface area contributed by atoms with E-state index < -0.39 is 0 Å². The molecule has 1 saturated heterocycles. The number of hydrogen-bond acceptors (Lipinski definition) is 4. The quantitative estimate of drug-likeness (QED) is 0.677. The predicted molar refractivity (Wildman–Crippen MR) is 102 cm³/mol. The minimum absolute atomic E-state index is 0.139. The van der Waals surface area contributed by atoms with Gasteiger partial charge in [-0.25, -0.2) is 0 Å². The van der Waals surface area contributed by atoms with E-state index in [0.717, 1.165) is 5.69 Å². The lowest BCUT2D eigenvalue weighted by atomic mass is 10.1. The van der Waals surface area contributed by atoms with Crippen LogP contribution in [0.1, 0.15) is 15.9 Å². The molecule has 0 saturated carbocycles. The maximum atomic E-state index is 12.8. The minimum Gasteiger partial charge on any atom is -0.311 e. The van der Waals surface area contributed by atoms with E-state index in [1.165, 1.54) is 11.8 Å². The third-order valence-corrected chi connectivity index (χ3v) is 4.73. The third-order valence-electron chi connectivity index (χ3n) is 3.57. The summed E-state index contributed by atoms with van der Waals surface area (Å²) in [7, 11) is 1.73. The first-order valence-electron chi connectivity index (χ1n) is 7.23. The molecule has 1 fully saturated rings. The van der Waals surface area contributed by atoms with Gasteiger partial charge in [-0.1, -0.05) is 60.4 Å². The summed E-state index contributed by atoms with van der Waals surface area (Å²) in [6.07, 6.45) is 1.70. The SMILES string of the molecule is CN(C(=O)c1ccccc1C=C1SC(=S)NC1=O)c1ccccc1. The van der Waals surface area contributed by atoms with E-state index in [1.54, 1.807) is 30.2 Å². The molecule has 1 aliphatic heterocycles. The van der Waals surface area contributed by atoms with E-state index >= 15 is 0 Å². The summed E-state index contributed by atoms with van der Waals surface area (Å²) >= 11 is 6.19. The zero-order valence-electron chi connectivity index (χ0n) is 12.9. The summed E-state index contributed by atoms with van der Waals surface area (Å²) in [4.78, 5) is 26.8. The standard InChI is InChI=1S/C18H14N2O2S2/c1-20(13-8-3-2-4-9-13)17(22)14-10-6-5-7-12(14)11-15-16(21)19-18(23)24-15/h2-11H,1H3,(H,19,21,23). The Labute approximate surface area is 149 Å². The Morgan fingerprint density at radius 1 is 1.12 bits per heavy atom. The van der Waals surface area contributed by atoms with Gasteiger partial charge < -0.3 is 10.2 Å². The molecule has 3 rings (SSSR count). The van der Waals surface area contributed by atoms with Crippen LogP contribution in [0.5, 0.6) is 0 Å². The van der Waals surface area contributed by atoms with Gasteiger partial charge >= 0.3 is 0 Å². The van der Waals surface area contributed by atoms with Gasteiger partial charge in [-0.05, 0) is 29.8 Å². The Balaban J connectivity index is 1.95. The summed E-state index contributed by atoms with van der Waals surface area (Å²) in [6.45, 7) is 0. The molecule has 0 aromatic heterocycles. The molecule has 2 amide bonds. The second-order valence-corrected chi connectivity index (χ2v) is 6.86. The third kappa shape index (κ3) is 3.39. The molecule has 0 atom stereocenters. The maximum absolute atomic E-state index is 12.8. The number of benzene rings is 2. The van der Waals surface area contributed by atoms with Gasteiger partial charge in [0.15, 0.2) is 0 Å². The largest absolute Gasteiger partial charge is 0.311 e. The number of nitrogens with zero attached hydrogens (tertiary/aromatic N) is 1. The Hall–Kier alpha value is -2.44. The molecule has 24 heavy (non-hydrogen) atoms. The molecule has 0 bridgehead atoms. The van der Waals surface area contributed by atoms with Crippen LogP contribution in [0.3, 0.4) is 0 Å². The van der Waals surface area contributed by atoms with Crippen molar-refractivity contribution in [2.24, 2.45) is 0 Å². The van der Waals surface area contributed by atoms with Crippen LogP contribution in [-0.2, 0) is 4.79 Å². The van der Waals surface area contributed by atoms with E-state index in [0.29, 0.717) is 20.4 Å². The van der Waals surface area contributed by atoms with Crippen molar-refractivity contribution in [3.05, 3.63) is 70.6 Å². The smallest absolute Gasteiger partial charge is 0.263 e. The first kappa shape index (κ1) is 16.4. The number of nitrogens with one attached hydrogen (secondary N) is 1. The maximum Gasteiger partial charge on any atom is 0.263 e. The van der Waals surface area contributed by atoms with Crippen molar-refractivity contribution in [1.29, 1.82) is 0 Å². The van der Waals surface area contributed by atoms with Crippen molar-refractivity contribution in [3.63, 3.8) is 0 Å². The lowest BCUT2D eigenvalue weighted by Gasteiger charge is -2.18. The van der Waals surface area contributed by atoms with Crippen LogP contribution < -0.4 is 10.2 Å². The second kappa shape index (κ2) is 6.98. The van der Waals surface area contributed by atoms with Gasteiger partial charge in [0, 0.05) is 18.3 Å². The molecule has 6 heteroatoms.